The summed E-state index contributed by atoms with van der Waals surface area (Å²) in [7, 11) is 0. The smallest absolute Gasteiger partial charge is 0.158 e. The minimum Gasteiger partial charge on any atom is -0.388 e. The minimum atomic E-state index is -0.0842. The molecule has 14 heavy (non-hydrogen) atoms. The van der Waals surface area contributed by atoms with Gasteiger partial charge in [-0.2, -0.15) is 5.10 Å². The van der Waals surface area contributed by atoms with Crippen LogP contribution in [-0.2, 0) is 19.7 Å². The summed E-state index contributed by atoms with van der Waals surface area (Å²) in [6.07, 6.45) is 5.23. The first kappa shape index (κ1) is 8.89. The van der Waals surface area contributed by atoms with Gasteiger partial charge >= 0.3 is 0 Å². The van der Waals surface area contributed by atoms with Gasteiger partial charge in [-0.25, -0.2) is 0 Å². The monoisotopic (exact) mass is 193 g/mol. The van der Waals surface area contributed by atoms with Crippen molar-refractivity contribution >= 4 is 0 Å². The molecule has 0 spiro atoms. The van der Waals surface area contributed by atoms with Crippen LogP contribution in [0.1, 0.15) is 5.82 Å². The van der Waals surface area contributed by atoms with E-state index in [-0.39, 0.29) is 6.61 Å². The lowest BCUT2D eigenvalue weighted by Gasteiger charge is -2.04. The van der Waals surface area contributed by atoms with Gasteiger partial charge in [0.2, 0.25) is 0 Å². The number of hydrogen-bond donors (Lipinski definition) is 1. The van der Waals surface area contributed by atoms with Crippen molar-refractivity contribution < 1.29 is 5.11 Å². The maximum atomic E-state index is 8.92. The molecule has 1 N–H and O–H groups in total. The molecule has 2 aromatic rings. The van der Waals surface area contributed by atoms with Gasteiger partial charge in [-0.15, -0.1) is 10.2 Å². The molecule has 0 fully saturated rings. The van der Waals surface area contributed by atoms with E-state index in [4.69, 9.17) is 5.11 Å². The summed E-state index contributed by atoms with van der Waals surface area (Å²) in [5, 5.41) is 20.5. The van der Waals surface area contributed by atoms with Gasteiger partial charge in [-0.3, -0.25) is 4.68 Å². The highest BCUT2D eigenvalue weighted by atomic mass is 16.3. The van der Waals surface area contributed by atoms with Crippen molar-refractivity contribution in [2.24, 2.45) is 0 Å². The summed E-state index contributed by atoms with van der Waals surface area (Å²) >= 11 is 0. The van der Waals surface area contributed by atoms with Crippen LogP contribution in [0.25, 0.3) is 0 Å². The molecule has 2 rings (SSSR count). The first-order chi connectivity index (χ1) is 6.90. The number of aromatic nitrogens is 5. The molecule has 0 saturated carbocycles. The van der Waals surface area contributed by atoms with Gasteiger partial charge in [0.15, 0.2) is 5.82 Å². The molecule has 0 radical (unpaired) electrons. The zero-order valence-corrected chi connectivity index (χ0v) is 7.61. The second-order valence-electron chi connectivity index (χ2n) is 2.87. The Morgan fingerprint density at radius 1 is 1.36 bits per heavy atom. The molecule has 0 bridgehead atoms. The van der Waals surface area contributed by atoms with E-state index >= 15 is 0 Å². The normalized spacial score (nSPS) is 10.6. The predicted octanol–water partition coefficient (Wildman–Crippen LogP) is -0.333. The van der Waals surface area contributed by atoms with Crippen LogP contribution in [0, 0.1) is 0 Å². The zero-order valence-electron chi connectivity index (χ0n) is 7.61. The largest absolute Gasteiger partial charge is 0.388 e. The number of aliphatic hydroxyl groups is 1. The Morgan fingerprint density at radius 3 is 3.00 bits per heavy atom. The third kappa shape index (κ3) is 1.80. The number of aliphatic hydroxyl groups excluding tert-OH is 1. The number of rotatable bonds is 4. The molecular weight excluding hydrogens is 182 g/mol. The molecule has 74 valence electrons. The van der Waals surface area contributed by atoms with Crippen molar-refractivity contribution in [1.29, 1.82) is 0 Å². The number of nitrogens with zero attached hydrogens (tertiary/aromatic N) is 5. The molecule has 0 saturated heterocycles. The minimum absolute atomic E-state index is 0.0842. The Labute approximate surface area is 80.8 Å². The first-order valence-electron chi connectivity index (χ1n) is 4.35. The molecule has 0 aliphatic rings. The second kappa shape index (κ2) is 4.01. The lowest BCUT2D eigenvalue weighted by atomic mass is 10.5. The highest BCUT2D eigenvalue weighted by Gasteiger charge is 2.01. The molecule has 0 atom stereocenters. The van der Waals surface area contributed by atoms with Crippen LogP contribution >= 0.6 is 0 Å². The molecule has 0 aromatic carbocycles. The van der Waals surface area contributed by atoms with Crippen LogP contribution < -0.4 is 0 Å². The molecule has 6 heteroatoms. The van der Waals surface area contributed by atoms with Crippen molar-refractivity contribution in [1.82, 2.24) is 24.5 Å². The van der Waals surface area contributed by atoms with Crippen molar-refractivity contribution in [3.8, 4) is 0 Å². The SMILES string of the molecule is OCc1nncn1CCn1cccn1. The van der Waals surface area contributed by atoms with Crippen molar-refractivity contribution in [3.05, 3.63) is 30.6 Å². The van der Waals surface area contributed by atoms with Crippen LogP contribution in [0.3, 0.4) is 0 Å². The summed E-state index contributed by atoms with van der Waals surface area (Å²) in [4.78, 5) is 0. The van der Waals surface area contributed by atoms with Gasteiger partial charge in [-0.1, -0.05) is 0 Å². The molecule has 0 aliphatic heterocycles. The van der Waals surface area contributed by atoms with E-state index in [1.807, 2.05) is 21.5 Å². The van der Waals surface area contributed by atoms with Crippen LogP contribution in [-0.4, -0.2) is 29.7 Å². The number of aryl methyl sites for hydroxylation is 2. The summed E-state index contributed by atoms with van der Waals surface area (Å²) in [5.74, 6) is 0.581. The van der Waals surface area contributed by atoms with Gasteiger partial charge in [0.1, 0.15) is 12.9 Å². The van der Waals surface area contributed by atoms with Crippen molar-refractivity contribution in [2.45, 2.75) is 19.7 Å². The zero-order chi connectivity index (χ0) is 9.80. The van der Waals surface area contributed by atoms with E-state index < -0.39 is 0 Å². The van der Waals surface area contributed by atoms with Gasteiger partial charge < -0.3 is 9.67 Å². The van der Waals surface area contributed by atoms with Crippen LogP contribution in [0.2, 0.25) is 0 Å². The topological polar surface area (TPSA) is 68.8 Å². The molecule has 0 amide bonds. The van der Waals surface area contributed by atoms with Crippen LogP contribution in [0.5, 0.6) is 0 Å². The van der Waals surface area contributed by atoms with E-state index in [2.05, 4.69) is 15.3 Å². The Hall–Kier alpha value is -1.69. The van der Waals surface area contributed by atoms with Gasteiger partial charge in [0.25, 0.3) is 0 Å². The lowest BCUT2D eigenvalue weighted by molar-refractivity contribution is 0.263. The highest BCUT2D eigenvalue weighted by molar-refractivity contribution is 4.83. The molecule has 2 aromatic heterocycles. The van der Waals surface area contributed by atoms with E-state index in [0.29, 0.717) is 12.4 Å². The third-order valence-corrected chi connectivity index (χ3v) is 1.97. The standard InChI is InChI=1S/C8H11N5O/c14-6-8-11-9-7-12(8)4-5-13-3-1-2-10-13/h1-3,7,14H,4-6H2. The molecular formula is C8H11N5O. The summed E-state index contributed by atoms with van der Waals surface area (Å²) in [6.45, 7) is 1.38. The van der Waals surface area contributed by atoms with E-state index in [1.54, 1.807) is 12.5 Å². The lowest BCUT2D eigenvalue weighted by Crippen LogP contribution is -2.09. The van der Waals surface area contributed by atoms with Gasteiger partial charge in [0, 0.05) is 18.9 Å². The quantitative estimate of drug-likeness (QED) is 0.721. The summed E-state index contributed by atoms with van der Waals surface area (Å²) < 4.78 is 3.63. The van der Waals surface area contributed by atoms with Gasteiger partial charge in [0.05, 0.1) is 6.54 Å². The van der Waals surface area contributed by atoms with Crippen LogP contribution in [0.4, 0.5) is 0 Å². The Morgan fingerprint density at radius 2 is 2.29 bits per heavy atom. The average molecular weight is 193 g/mol. The van der Waals surface area contributed by atoms with Crippen molar-refractivity contribution in [3.63, 3.8) is 0 Å². The maximum Gasteiger partial charge on any atom is 0.158 e. The fraction of sp³-hybridized carbons (Fsp3) is 0.375. The molecule has 0 unspecified atom stereocenters. The van der Waals surface area contributed by atoms with E-state index in [9.17, 15) is 0 Å². The average Bonchev–Trinajstić information content (AvgIpc) is 2.85. The van der Waals surface area contributed by atoms with Crippen LogP contribution in [0.15, 0.2) is 24.8 Å². The number of hydrogen-bond acceptors (Lipinski definition) is 4. The summed E-state index contributed by atoms with van der Waals surface area (Å²) in [6, 6.07) is 1.87. The maximum absolute atomic E-state index is 8.92. The first-order valence-corrected chi connectivity index (χ1v) is 4.35. The Kier molecular flexibility index (Phi) is 2.55. The second-order valence-corrected chi connectivity index (χ2v) is 2.87. The van der Waals surface area contributed by atoms with Crippen molar-refractivity contribution in [2.75, 3.05) is 0 Å². The Bertz CT molecular complexity index is 380. The van der Waals surface area contributed by atoms with E-state index in [0.717, 1.165) is 6.54 Å². The van der Waals surface area contributed by atoms with E-state index in [1.165, 1.54) is 0 Å². The van der Waals surface area contributed by atoms with Gasteiger partial charge in [-0.05, 0) is 6.07 Å². The summed E-state index contributed by atoms with van der Waals surface area (Å²) in [5.41, 5.74) is 0. The molecule has 2 heterocycles. The molecule has 6 nitrogen and oxygen atoms in total. The Balaban J connectivity index is 1.98. The fourth-order valence-electron chi connectivity index (χ4n) is 1.23. The highest BCUT2D eigenvalue weighted by Crippen LogP contribution is 1.96. The fourth-order valence-corrected chi connectivity index (χ4v) is 1.23. The predicted molar refractivity (Wildman–Crippen MR) is 48.2 cm³/mol. The molecule has 0 aliphatic carbocycles. The third-order valence-electron chi connectivity index (χ3n) is 1.97.